The molecule has 4 nitrogen and oxygen atoms in total. The molecule has 2 unspecified atom stereocenters. The van der Waals surface area contributed by atoms with Crippen molar-refractivity contribution in [1.29, 1.82) is 0 Å². The van der Waals surface area contributed by atoms with Crippen LogP contribution in [-0.4, -0.2) is 27.0 Å². The number of hydrogen-bond donors (Lipinski definition) is 2. The molecule has 1 heterocycles. The summed E-state index contributed by atoms with van der Waals surface area (Å²) in [5.74, 6) is -0.548. The number of rotatable bonds is 3. The van der Waals surface area contributed by atoms with Crippen LogP contribution in [0.2, 0.25) is 0 Å². The first-order valence-corrected chi connectivity index (χ1v) is 7.48. The second-order valence-electron chi connectivity index (χ2n) is 4.57. The van der Waals surface area contributed by atoms with Gasteiger partial charge in [-0.15, -0.1) is 12.4 Å². The molecule has 0 aliphatic carbocycles. The predicted octanol–water partition coefficient (Wildman–Crippen LogP) is 1.67. The largest absolute Gasteiger partial charge is 0.313 e. The molecule has 1 aromatic carbocycles. The van der Waals surface area contributed by atoms with Gasteiger partial charge in [-0.25, -0.2) is 17.5 Å². The molecule has 0 saturated carbocycles. The summed E-state index contributed by atoms with van der Waals surface area (Å²) in [6.45, 7) is 2.84. The van der Waals surface area contributed by atoms with Crippen LogP contribution in [-0.2, 0) is 10.0 Å². The van der Waals surface area contributed by atoms with Crippen molar-refractivity contribution >= 4 is 22.4 Å². The van der Waals surface area contributed by atoms with Gasteiger partial charge in [0.1, 0.15) is 5.82 Å². The van der Waals surface area contributed by atoms with Gasteiger partial charge in [0.2, 0.25) is 10.0 Å². The van der Waals surface area contributed by atoms with Crippen molar-refractivity contribution < 1.29 is 12.8 Å². The van der Waals surface area contributed by atoms with Gasteiger partial charge in [0, 0.05) is 12.1 Å². The Morgan fingerprint density at radius 3 is 2.79 bits per heavy atom. The van der Waals surface area contributed by atoms with Crippen LogP contribution in [0.4, 0.5) is 4.39 Å². The molecule has 7 heteroatoms. The fraction of sp³-hybridized carbons (Fsp3) is 0.500. The van der Waals surface area contributed by atoms with E-state index in [2.05, 4.69) is 10.0 Å². The molecule has 2 rings (SSSR count). The van der Waals surface area contributed by atoms with Crippen molar-refractivity contribution in [2.75, 3.05) is 6.54 Å². The molecule has 1 fully saturated rings. The zero-order valence-corrected chi connectivity index (χ0v) is 12.2. The average Bonchev–Trinajstić information content (AvgIpc) is 2.32. The Morgan fingerprint density at radius 2 is 2.16 bits per heavy atom. The summed E-state index contributed by atoms with van der Waals surface area (Å²) in [5.41, 5.74) is 0. The predicted molar refractivity (Wildman–Crippen MR) is 74.5 cm³/mol. The zero-order valence-electron chi connectivity index (χ0n) is 10.6. The smallest absolute Gasteiger partial charge is 0.240 e. The number of halogens is 2. The van der Waals surface area contributed by atoms with E-state index in [-0.39, 0.29) is 29.4 Å². The van der Waals surface area contributed by atoms with Gasteiger partial charge in [-0.2, -0.15) is 0 Å². The summed E-state index contributed by atoms with van der Waals surface area (Å²) in [5, 5.41) is 3.22. The lowest BCUT2D eigenvalue weighted by Gasteiger charge is -2.30. The van der Waals surface area contributed by atoms with E-state index in [1.54, 1.807) is 0 Å². The van der Waals surface area contributed by atoms with E-state index in [0.29, 0.717) is 0 Å². The van der Waals surface area contributed by atoms with Crippen molar-refractivity contribution in [2.24, 2.45) is 0 Å². The van der Waals surface area contributed by atoms with Gasteiger partial charge in [-0.05, 0) is 44.5 Å². The first-order chi connectivity index (χ1) is 8.49. The van der Waals surface area contributed by atoms with Crippen LogP contribution < -0.4 is 10.0 Å². The Kier molecular flexibility index (Phi) is 5.73. The van der Waals surface area contributed by atoms with E-state index in [4.69, 9.17) is 0 Å². The molecule has 1 aromatic rings. The average molecular weight is 309 g/mol. The van der Waals surface area contributed by atoms with Gasteiger partial charge >= 0.3 is 0 Å². The molecule has 19 heavy (non-hydrogen) atoms. The van der Waals surface area contributed by atoms with Crippen LogP contribution >= 0.6 is 12.4 Å². The monoisotopic (exact) mass is 308 g/mol. The van der Waals surface area contributed by atoms with Crippen LogP contribution in [0.5, 0.6) is 0 Å². The minimum absolute atomic E-state index is 0. The lowest BCUT2D eigenvalue weighted by molar-refractivity contribution is 0.348. The van der Waals surface area contributed by atoms with E-state index in [9.17, 15) is 12.8 Å². The Hall–Kier alpha value is -0.690. The van der Waals surface area contributed by atoms with Gasteiger partial charge in [-0.1, -0.05) is 6.07 Å². The molecule has 1 aliphatic rings. The summed E-state index contributed by atoms with van der Waals surface area (Å²) >= 11 is 0. The standard InChI is InChI=1S/C12H17FN2O2S.ClH/c1-9-12(6-3-7-14-9)15-18(16,17)11-5-2-4-10(13)8-11;/h2,4-5,8-9,12,14-15H,3,6-7H2,1H3;1H. The molecule has 0 aromatic heterocycles. The molecule has 2 atom stereocenters. The Bertz CT molecular complexity index is 524. The van der Waals surface area contributed by atoms with Crippen molar-refractivity contribution in [1.82, 2.24) is 10.0 Å². The van der Waals surface area contributed by atoms with Crippen molar-refractivity contribution in [3.63, 3.8) is 0 Å². The molecule has 0 radical (unpaired) electrons. The highest BCUT2D eigenvalue weighted by atomic mass is 35.5. The maximum Gasteiger partial charge on any atom is 0.240 e. The minimum atomic E-state index is -3.65. The molecular weight excluding hydrogens is 291 g/mol. The normalized spacial score (nSPS) is 23.7. The fourth-order valence-electron chi connectivity index (χ4n) is 2.11. The molecule has 0 bridgehead atoms. The summed E-state index contributed by atoms with van der Waals surface area (Å²) in [7, 11) is -3.65. The van der Waals surface area contributed by atoms with Crippen molar-refractivity contribution in [2.45, 2.75) is 36.7 Å². The van der Waals surface area contributed by atoms with Gasteiger partial charge in [-0.3, -0.25) is 0 Å². The summed E-state index contributed by atoms with van der Waals surface area (Å²) in [6.07, 6.45) is 1.73. The first-order valence-electron chi connectivity index (χ1n) is 6.00. The van der Waals surface area contributed by atoms with E-state index in [0.717, 1.165) is 25.5 Å². The van der Waals surface area contributed by atoms with Crippen LogP contribution in [0.3, 0.4) is 0 Å². The Labute approximate surface area is 119 Å². The maximum absolute atomic E-state index is 13.0. The fourth-order valence-corrected chi connectivity index (χ4v) is 3.49. The van der Waals surface area contributed by atoms with E-state index < -0.39 is 15.8 Å². The summed E-state index contributed by atoms with van der Waals surface area (Å²) < 4.78 is 39.9. The Morgan fingerprint density at radius 1 is 1.42 bits per heavy atom. The molecule has 0 amide bonds. The highest BCUT2D eigenvalue weighted by Gasteiger charge is 2.26. The second-order valence-corrected chi connectivity index (χ2v) is 6.28. The van der Waals surface area contributed by atoms with E-state index in [1.807, 2.05) is 6.92 Å². The van der Waals surface area contributed by atoms with Gasteiger partial charge in [0.05, 0.1) is 4.90 Å². The number of hydrogen-bond acceptors (Lipinski definition) is 3. The number of sulfonamides is 1. The molecule has 0 spiro atoms. The highest BCUT2D eigenvalue weighted by Crippen LogP contribution is 2.15. The van der Waals surface area contributed by atoms with E-state index in [1.165, 1.54) is 18.2 Å². The number of nitrogens with one attached hydrogen (secondary N) is 2. The lowest BCUT2D eigenvalue weighted by atomic mass is 10.0. The third-order valence-corrected chi connectivity index (χ3v) is 4.66. The van der Waals surface area contributed by atoms with Crippen LogP contribution in [0, 0.1) is 5.82 Å². The van der Waals surface area contributed by atoms with Crippen LogP contribution in [0.15, 0.2) is 29.2 Å². The quantitative estimate of drug-likeness (QED) is 0.893. The molecular formula is C12H18ClFN2O2S. The van der Waals surface area contributed by atoms with Crippen molar-refractivity contribution in [3.8, 4) is 0 Å². The molecule has 108 valence electrons. The second kappa shape index (κ2) is 6.65. The Balaban J connectivity index is 0.00000180. The highest BCUT2D eigenvalue weighted by molar-refractivity contribution is 7.89. The maximum atomic E-state index is 13.0. The van der Waals surface area contributed by atoms with Gasteiger partial charge in [0.15, 0.2) is 0 Å². The molecule has 1 saturated heterocycles. The first kappa shape index (κ1) is 16.4. The van der Waals surface area contributed by atoms with Gasteiger partial charge in [0.25, 0.3) is 0 Å². The molecule has 1 aliphatic heterocycles. The van der Waals surface area contributed by atoms with Crippen LogP contribution in [0.25, 0.3) is 0 Å². The summed E-state index contributed by atoms with van der Waals surface area (Å²) in [4.78, 5) is -0.0275. The van der Waals surface area contributed by atoms with E-state index >= 15 is 0 Å². The third kappa shape index (κ3) is 4.14. The number of benzene rings is 1. The summed E-state index contributed by atoms with van der Waals surface area (Å²) in [6, 6.07) is 4.99. The van der Waals surface area contributed by atoms with Gasteiger partial charge < -0.3 is 5.32 Å². The third-order valence-electron chi connectivity index (χ3n) is 3.17. The van der Waals surface area contributed by atoms with Crippen molar-refractivity contribution in [3.05, 3.63) is 30.1 Å². The zero-order chi connectivity index (χ0) is 13.2. The number of piperidine rings is 1. The molecule has 2 N–H and O–H groups in total. The lowest BCUT2D eigenvalue weighted by Crippen LogP contribution is -2.51. The topological polar surface area (TPSA) is 58.2 Å². The minimum Gasteiger partial charge on any atom is -0.313 e. The van der Waals surface area contributed by atoms with Crippen LogP contribution in [0.1, 0.15) is 19.8 Å². The SMILES string of the molecule is CC1NCCCC1NS(=O)(=O)c1cccc(F)c1.Cl.